The first-order valence-corrected chi connectivity index (χ1v) is 7.86. The molecule has 3 unspecified atom stereocenters. The number of carbonyl (C=O) groups excluding carboxylic acids is 2. The third-order valence-electron chi connectivity index (χ3n) is 6.09. The van der Waals surface area contributed by atoms with Crippen LogP contribution in [0.1, 0.15) is 52.9 Å². The van der Waals surface area contributed by atoms with Crippen molar-refractivity contribution >= 4 is 11.9 Å². The van der Waals surface area contributed by atoms with E-state index >= 15 is 0 Å². The number of carbonyl (C=O) groups is 2. The van der Waals surface area contributed by atoms with Crippen molar-refractivity contribution in [3.63, 3.8) is 0 Å². The van der Waals surface area contributed by atoms with Gasteiger partial charge in [0.2, 0.25) is 5.60 Å². The zero-order valence-corrected chi connectivity index (χ0v) is 13.1. The maximum Gasteiger partial charge on any atom is 0.351 e. The number of hydrogen-bond donors (Lipinski definition) is 0. The highest BCUT2D eigenvalue weighted by molar-refractivity contribution is 5.93. The minimum absolute atomic E-state index is 0.0212. The molecule has 0 radical (unpaired) electrons. The fourth-order valence-electron chi connectivity index (χ4n) is 3.93. The predicted octanol–water partition coefficient (Wildman–Crippen LogP) is 2.22. The van der Waals surface area contributed by atoms with E-state index in [1.807, 2.05) is 20.8 Å². The van der Waals surface area contributed by atoms with Crippen LogP contribution in [0.3, 0.4) is 0 Å². The molecule has 1 saturated carbocycles. The Bertz CT molecular complexity index is 465. The van der Waals surface area contributed by atoms with Crippen molar-refractivity contribution in [2.24, 2.45) is 10.8 Å². The lowest BCUT2D eigenvalue weighted by molar-refractivity contribution is -0.186. The van der Waals surface area contributed by atoms with Gasteiger partial charge >= 0.3 is 11.9 Å². The van der Waals surface area contributed by atoms with Crippen molar-refractivity contribution in [1.82, 2.24) is 0 Å². The van der Waals surface area contributed by atoms with Crippen molar-refractivity contribution < 1.29 is 23.8 Å². The fraction of sp³-hybridized carbons (Fsp3) is 0.875. The Kier molecular flexibility index (Phi) is 3.32. The smallest absolute Gasteiger partial charge is 0.351 e. The van der Waals surface area contributed by atoms with Gasteiger partial charge in [-0.15, -0.1) is 0 Å². The van der Waals surface area contributed by atoms with E-state index < -0.39 is 22.4 Å². The first-order chi connectivity index (χ1) is 9.83. The first kappa shape index (κ1) is 14.8. The van der Waals surface area contributed by atoms with E-state index in [0.29, 0.717) is 12.8 Å². The molecule has 0 aromatic rings. The van der Waals surface area contributed by atoms with Crippen LogP contribution in [-0.2, 0) is 23.8 Å². The summed E-state index contributed by atoms with van der Waals surface area (Å²) in [6.45, 7) is 6.74. The number of hydrogen-bond acceptors (Lipinski definition) is 5. The van der Waals surface area contributed by atoms with Gasteiger partial charge in [-0.25, -0.2) is 4.79 Å². The molecular formula is C16H24O5. The minimum atomic E-state index is -1.12. The van der Waals surface area contributed by atoms with Crippen LogP contribution in [0.2, 0.25) is 0 Å². The number of ether oxygens (including phenoxy) is 3. The lowest BCUT2D eigenvalue weighted by Gasteiger charge is -2.35. The van der Waals surface area contributed by atoms with Crippen LogP contribution in [0.15, 0.2) is 0 Å². The van der Waals surface area contributed by atoms with E-state index in [4.69, 9.17) is 14.2 Å². The van der Waals surface area contributed by atoms with Crippen molar-refractivity contribution in [1.29, 1.82) is 0 Å². The Morgan fingerprint density at radius 2 is 2.05 bits per heavy atom. The largest absolute Gasteiger partial charge is 0.460 e. The summed E-state index contributed by atoms with van der Waals surface area (Å²) in [5, 5.41) is 0. The number of esters is 2. The van der Waals surface area contributed by atoms with Gasteiger partial charge < -0.3 is 14.2 Å². The topological polar surface area (TPSA) is 61.8 Å². The molecule has 3 fully saturated rings. The highest BCUT2D eigenvalue weighted by Gasteiger charge is 2.76. The zero-order valence-electron chi connectivity index (χ0n) is 13.1. The van der Waals surface area contributed by atoms with E-state index in [1.165, 1.54) is 0 Å². The molecular weight excluding hydrogens is 272 g/mol. The molecule has 2 bridgehead atoms. The van der Waals surface area contributed by atoms with E-state index in [2.05, 4.69) is 0 Å². The molecule has 0 N–H and O–H groups in total. The monoisotopic (exact) mass is 296 g/mol. The van der Waals surface area contributed by atoms with Gasteiger partial charge in [0.05, 0.1) is 11.5 Å². The summed E-state index contributed by atoms with van der Waals surface area (Å²) in [5.41, 5.74) is -2.25. The van der Waals surface area contributed by atoms with Gasteiger partial charge in [0.15, 0.2) is 0 Å². The van der Waals surface area contributed by atoms with Gasteiger partial charge in [-0.3, -0.25) is 4.79 Å². The second kappa shape index (κ2) is 4.70. The average molecular weight is 296 g/mol. The standard InChI is InChI=1S/C16H24O5/c1-14(2)15(3)7-8-16(14,21-12(15)17)13(18)20-10-11-6-4-5-9-19-11/h11H,4-10H2,1-3H3. The van der Waals surface area contributed by atoms with Crippen LogP contribution in [-0.4, -0.2) is 36.9 Å². The third kappa shape index (κ3) is 1.86. The van der Waals surface area contributed by atoms with Crippen LogP contribution < -0.4 is 0 Å². The molecule has 2 saturated heterocycles. The highest BCUT2D eigenvalue weighted by atomic mass is 16.6. The Balaban J connectivity index is 1.71. The summed E-state index contributed by atoms with van der Waals surface area (Å²) >= 11 is 0. The molecule has 3 rings (SSSR count). The summed E-state index contributed by atoms with van der Waals surface area (Å²) in [5.74, 6) is -0.680. The Hall–Kier alpha value is -1.10. The second-order valence-corrected chi connectivity index (χ2v) is 7.26. The molecule has 2 heterocycles. The quantitative estimate of drug-likeness (QED) is 0.747. The highest BCUT2D eigenvalue weighted by Crippen LogP contribution is 2.65. The van der Waals surface area contributed by atoms with Gasteiger partial charge in [0, 0.05) is 12.0 Å². The molecule has 3 aliphatic rings. The van der Waals surface area contributed by atoms with Crippen LogP contribution >= 0.6 is 0 Å². The van der Waals surface area contributed by atoms with E-state index in [1.54, 1.807) is 0 Å². The summed E-state index contributed by atoms with van der Waals surface area (Å²) in [6.07, 6.45) is 4.29. The number of fused-ring (bicyclic) bond motifs is 2. The second-order valence-electron chi connectivity index (χ2n) is 7.26. The van der Waals surface area contributed by atoms with Crippen molar-refractivity contribution in [3.05, 3.63) is 0 Å². The molecule has 3 atom stereocenters. The molecule has 118 valence electrons. The number of rotatable bonds is 3. The molecule has 0 spiro atoms. The van der Waals surface area contributed by atoms with Crippen molar-refractivity contribution in [2.45, 2.75) is 64.6 Å². The molecule has 0 aromatic carbocycles. The Morgan fingerprint density at radius 3 is 2.57 bits per heavy atom. The molecule has 21 heavy (non-hydrogen) atoms. The van der Waals surface area contributed by atoms with Gasteiger partial charge in [0.25, 0.3) is 0 Å². The molecule has 5 nitrogen and oxygen atoms in total. The van der Waals surface area contributed by atoms with E-state index in [9.17, 15) is 9.59 Å². The van der Waals surface area contributed by atoms with Crippen LogP contribution in [0.4, 0.5) is 0 Å². The average Bonchev–Trinajstić information content (AvgIpc) is 2.76. The van der Waals surface area contributed by atoms with Crippen LogP contribution in [0.5, 0.6) is 0 Å². The van der Waals surface area contributed by atoms with Crippen molar-refractivity contribution in [2.75, 3.05) is 13.2 Å². The summed E-state index contributed by atoms with van der Waals surface area (Å²) in [4.78, 5) is 24.8. The zero-order chi connectivity index (χ0) is 15.3. The maximum absolute atomic E-state index is 12.6. The van der Waals surface area contributed by atoms with E-state index in [0.717, 1.165) is 25.9 Å². The summed E-state index contributed by atoms with van der Waals surface area (Å²) < 4.78 is 16.6. The normalized spacial score (nSPS) is 40.9. The Morgan fingerprint density at radius 1 is 1.29 bits per heavy atom. The summed E-state index contributed by atoms with van der Waals surface area (Å²) in [7, 11) is 0. The lowest BCUT2D eigenvalue weighted by Crippen LogP contribution is -2.49. The molecule has 0 aromatic heterocycles. The van der Waals surface area contributed by atoms with Gasteiger partial charge in [0.1, 0.15) is 6.61 Å². The Labute approximate surface area is 125 Å². The van der Waals surface area contributed by atoms with Crippen molar-refractivity contribution in [3.8, 4) is 0 Å². The summed E-state index contributed by atoms with van der Waals surface area (Å²) in [6, 6.07) is 0. The van der Waals surface area contributed by atoms with Gasteiger partial charge in [-0.2, -0.15) is 0 Å². The molecule has 2 aliphatic heterocycles. The third-order valence-corrected chi connectivity index (χ3v) is 6.09. The van der Waals surface area contributed by atoms with E-state index in [-0.39, 0.29) is 18.7 Å². The predicted molar refractivity (Wildman–Crippen MR) is 74.5 cm³/mol. The van der Waals surface area contributed by atoms with Gasteiger partial charge in [-0.1, -0.05) is 13.8 Å². The minimum Gasteiger partial charge on any atom is -0.460 e. The molecule has 5 heteroatoms. The van der Waals surface area contributed by atoms with Crippen LogP contribution in [0, 0.1) is 10.8 Å². The molecule has 0 amide bonds. The fourth-order valence-corrected chi connectivity index (χ4v) is 3.93. The van der Waals surface area contributed by atoms with Crippen LogP contribution in [0.25, 0.3) is 0 Å². The SMILES string of the molecule is CC12CCC(C(=O)OCC3CCCCO3)(OC1=O)C2(C)C. The lowest BCUT2D eigenvalue weighted by atomic mass is 9.66. The first-order valence-electron chi connectivity index (χ1n) is 7.86. The maximum atomic E-state index is 12.6. The molecule has 1 aliphatic carbocycles. The van der Waals surface area contributed by atoms with Gasteiger partial charge in [-0.05, 0) is 39.0 Å².